The molecule has 2 aliphatic heterocycles. The second-order valence-electron chi connectivity index (χ2n) is 8.21. The number of aryl methyl sites for hydroxylation is 1. The van der Waals surface area contributed by atoms with Gasteiger partial charge in [0.05, 0.1) is 0 Å². The first kappa shape index (κ1) is 22.2. The molecule has 1 aromatic rings. The summed E-state index contributed by atoms with van der Waals surface area (Å²) in [6.45, 7) is 3.16. The first-order chi connectivity index (χ1) is 14.3. The molecule has 2 atom stereocenters. The Kier molecular flexibility index (Phi) is 7.07. The van der Waals surface area contributed by atoms with Gasteiger partial charge in [-0.3, -0.25) is 14.4 Å². The van der Waals surface area contributed by atoms with Crippen molar-refractivity contribution in [2.75, 3.05) is 39.8 Å². The van der Waals surface area contributed by atoms with Crippen molar-refractivity contribution in [2.45, 2.75) is 32.1 Å². The Labute approximate surface area is 176 Å². The summed E-state index contributed by atoms with van der Waals surface area (Å²) >= 11 is 0. The highest BCUT2D eigenvalue weighted by atomic mass is 19.1. The van der Waals surface area contributed by atoms with E-state index in [1.807, 2.05) is 11.8 Å². The molecule has 2 aliphatic rings. The third kappa shape index (κ3) is 4.64. The number of nitrogens with zero attached hydrogens (tertiary/aromatic N) is 2. The number of hydrogen-bond acceptors (Lipinski definition) is 4. The van der Waals surface area contributed by atoms with Gasteiger partial charge in [0.1, 0.15) is 12.4 Å². The number of benzene rings is 1. The molecule has 2 unspecified atom stereocenters. The number of carbonyl (C=O) groups excluding carboxylic acids is 3. The van der Waals surface area contributed by atoms with Crippen molar-refractivity contribution in [2.24, 2.45) is 11.8 Å². The van der Waals surface area contributed by atoms with Crippen LogP contribution in [0.3, 0.4) is 0 Å². The number of carbonyl (C=O) groups is 3. The van der Waals surface area contributed by atoms with E-state index in [1.165, 1.54) is 12.1 Å². The van der Waals surface area contributed by atoms with Crippen LogP contribution >= 0.6 is 0 Å². The van der Waals surface area contributed by atoms with Crippen molar-refractivity contribution in [3.63, 3.8) is 0 Å². The number of nitrogens with one attached hydrogen (secondary N) is 1. The Morgan fingerprint density at radius 3 is 2.40 bits per heavy atom. The maximum Gasteiger partial charge on any atom is 0.248 e. The Morgan fingerprint density at radius 2 is 1.80 bits per heavy atom. The van der Waals surface area contributed by atoms with E-state index >= 15 is 0 Å². The molecule has 8 heteroatoms. The standard InChI is InChI=1S/C22H30FN3O4/c1-14-11-16(23)3-4-17(14)19-12-26(10-7-18(19)21(29)24-2)22(30)15-5-8-25(9-6-15)20(28)13-27/h3-4,11,15,18-19,27H,5-10,12-13H2,1-2H3,(H,24,29). The van der Waals surface area contributed by atoms with Crippen LogP contribution in [0.15, 0.2) is 18.2 Å². The van der Waals surface area contributed by atoms with Crippen LogP contribution < -0.4 is 5.32 Å². The van der Waals surface area contributed by atoms with E-state index in [9.17, 15) is 18.8 Å². The van der Waals surface area contributed by atoms with Crippen LogP contribution in [-0.4, -0.2) is 72.5 Å². The molecule has 1 aromatic carbocycles. The fraction of sp³-hybridized carbons (Fsp3) is 0.591. The van der Waals surface area contributed by atoms with Gasteiger partial charge in [0.15, 0.2) is 0 Å². The van der Waals surface area contributed by atoms with Crippen LogP contribution in [0, 0.1) is 24.6 Å². The summed E-state index contributed by atoms with van der Waals surface area (Å²) in [5.74, 6) is -1.27. The highest BCUT2D eigenvalue weighted by molar-refractivity contribution is 5.82. The molecular weight excluding hydrogens is 389 g/mol. The predicted octanol–water partition coefficient (Wildman–Crippen LogP) is 1.04. The number of aliphatic hydroxyl groups is 1. The molecule has 0 saturated carbocycles. The third-order valence-electron chi connectivity index (χ3n) is 6.47. The van der Waals surface area contributed by atoms with Gasteiger partial charge in [-0.1, -0.05) is 6.07 Å². The molecule has 0 aliphatic carbocycles. The van der Waals surface area contributed by atoms with Crippen molar-refractivity contribution in [3.05, 3.63) is 35.1 Å². The van der Waals surface area contributed by atoms with E-state index in [1.54, 1.807) is 18.0 Å². The lowest BCUT2D eigenvalue weighted by Crippen LogP contribution is -2.50. The molecule has 0 radical (unpaired) electrons. The molecule has 7 nitrogen and oxygen atoms in total. The second-order valence-corrected chi connectivity index (χ2v) is 8.21. The van der Waals surface area contributed by atoms with E-state index in [0.29, 0.717) is 45.4 Å². The molecule has 30 heavy (non-hydrogen) atoms. The van der Waals surface area contributed by atoms with Gasteiger partial charge < -0.3 is 20.2 Å². The number of likely N-dealkylation sites (tertiary alicyclic amines) is 2. The molecule has 0 aromatic heterocycles. The summed E-state index contributed by atoms with van der Waals surface area (Å²) in [7, 11) is 1.61. The van der Waals surface area contributed by atoms with Crippen LogP contribution in [0.5, 0.6) is 0 Å². The molecule has 3 amide bonds. The van der Waals surface area contributed by atoms with Crippen molar-refractivity contribution in [1.29, 1.82) is 0 Å². The zero-order chi connectivity index (χ0) is 21.8. The molecule has 0 bridgehead atoms. The molecule has 164 valence electrons. The Bertz CT molecular complexity index is 808. The van der Waals surface area contributed by atoms with Crippen LogP contribution in [0.1, 0.15) is 36.3 Å². The number of hydrogen-bond donors (Lipinski definition) is 2. The molecule has 2 saturated heterocycles. The summed E-state index contributed by atoms with van der Waals surface area (Å²) in [6.07, 6.45) is 1.69. The smallest absolute Gasteiger partial charge is 0.248 e. The number of aliphatic hydroxyl groups excluding tert-OH is 1. The van der Waals surface area contributed by atoms with Gasteiger partial charge in [0.2, 0.25) is 17.7 Å². The highest BCUT2D eigenvalue weighted by Crippen LogP contribution is 2.36. The molecular formula is C22H30FN3O4. The first-order valence-electron chi connectivity index (χ1n) is 10.5. The van der Waals surface area contributed by atoms with Crippen molar-refractivity contribution >= 4 is 17.7 Å². The number of amides is 3. The molecule has 2 heterocycles. The SMILES string of the molecule is CNC(=O)C1CCN(C(=O)C2CCN(C(=O)CO)CC2)CC1c1ccc(F)cc1C. The lowest BCUT2D eigenvalue weighted by atomic mass is 9.78. The predicted molar refractivity (Wildman–Crippen MR) is 109 cm³/mol. The zero-order valence-electron chi connectivity index (χ0n) is 17.6. The van der Waals surface area contributed by atoms with Crippen LogP contribution in [0.4, 0.5) is 4.39 Å². The number of piperidine rings is 2. The summed E-state index contributed by atoms with van der Waals surface area (Å²) in [5, 5.41) is 11.7. The lowest BCUT2D eigenvalue weighted by Gasteiger charge is -2.41. The van der Waals surface area contributed by atoms with Gasteiger partial charge >= 0.3 is 0 Å². The van der Waals surface area contributed by atoms with Gasteiger partial charge in [-0.15, -0.1) is 0 Å². The van der Waals surface area contributed by atoms with Crippen LogP contribution in [-0.2, 0) is 14.4 Å². The molecule has 0 spiro atoms. The normalized spacial score (nSPS) is 22.7. The van der Waals surface area contributed by atoms with E-state index in [-0.39, 0.29) is 41.3 Å². The average molecular weight is 419 g/mol. The zero-order valence-corrected chi connectivity index (χ0v) is 17.6. The van der Waals surface area contributed by atoms with Crippen LogP contribution in [0.2, 0.25) is 0 Å². The number of halogens is 1. The number of rotatable bonds is 4. The van der Waals surface area contributed by atoms with E-state index in [4.69, 9.17) is 5.11 Å². The minimum Gasteiger partial charge on any atom is -0.387 e. The second kappa shape index (κ2) is 9.55. The van der Waals surface area contributed by atoms with E-state index < -0.39 is 6.61 Å². The maximum absolute atomic E-state index is 13.6. The largest absolute Gasteiger partial charge is 0.387 e. The fourth-order valence-corrected chi connectivity index (χ4v) is 4.76. The van der Waals surface area contributed by atoms with Gasteiger partial charge in [-0.2, -0.15) is 0 Å². The van der Waals surface area contributed by atoms with Gasteiger partial charge in [-0.25, -0.2) is 4.39 Å². The summed E-state index contributed by atoms with van der Waals surface area (Å²) in [6, 6.07) is 4.58. The molecule has 3 rings (SSSR count). The quantitative estimate of drug-likeness (QED) is 0.763. The summed E-state index contributed by atoms with van der Waals surface area (Å²) < 4.78 is 13.6. The van der Waals surface area contributed by atoms with Crippen molar-refractivity contribution in [3.8, 4) is 0 Å². The molecule has 2 N–H and O–H groups in total. The van der Waals surface area contributed by atoms with Crippen LogP contribution in [0.25, 0.3) is 0 Å². The highest BCUT2D eigenvalue weighted by Gasteiger charge is 2.39. The van der Waals surface area contributed by atoms with E-state index in [0.717, 1.165) is 11.1 Å². The summed E-state index contributed by atoms with van der Waals surface area (Å²) in [5.41, 5.74) is 1.67. The summed E-state index contributed by atoms with van der Waals surface area (Å²) in [4.78, 5) is 40.7. The Balaban J connectivity index is 1.74. The van der Waals surface area contributed by atoms with Crippen molar-refractivity contribution < 1.29 is 23.9 Å². The van der Waals surface area contributed by atoms with Gasteiger partial charge in [0, 0.05) is 51.0 Å². The molecule has 2 fully saturated rings. The minimum atomic E-state index is -0.510. The first-order valence-corrected chi connectivity index (χ1v) is 10.5. The maximum atomic E-state index is 13.6. The van der Waals surface area contributed by atoms with Gasteiger partial charge in [0.25, 0.3) is 0 Å². The topological polar surface area (TPSA) is 90.0 Å². The Morgan fingerprint density at radius 1 is 1.13 bits per heavy atom. The lowest BCUT2D eigenvalue weighted by molar-refractivity contribution is -0.144. The monoisotopic (exact) mass is 419 g/mol. The Hall–Kier alpha value is -2.48. The van der Waals surface area contributed by atoms with Gasteiger partial charge in [-0.05, 0) is 49.4 Å². The van der Waals surface area contributed by atoms with E-state index in [2.05, 4.69) is 5.32 Å². The minimum absolute atomic E-state index is 0.0474. The fourth-order valence-electron chi connectivity index (χ4n) is 4.76. The average Bonchev–Trinajstić information content (AvgIpc) is 2.77. The third-order valence-corrected chi connectivity index (χ3v) is 6.47. The van der Waals surface area contributed by atoms with Crippen molar-refractivity contribution in [1.82, 2.24) is 15.1 Å².